The quantitative estimate of drug-likeness (QED) is 0.662. The van der Waals surface area contributed by atoms with E-state index in [9.17, 15) is 4.79 Å². The molecule has 0 spiro atoms. The first-order valence-corrected chi connectivity index (χ1v) is 3.43. The molecule has 0 radical (unpaired) electrons. The number of allylic oxidation sites excluding steroid dienone is 1. The minimum Gasteiger partial charge on any atom is -0.480 e. The highest BCUT2D eigenvalue weighted by Gasteiger charge is 2.16. The second kappa shape index (κ2) is 3.66. The molecule has 0 aliphatic heterocycles. The number of rotatable bonds is 4. The molecule has 0 aliphatic carbocycles. The molecular formula is C7H9N3O2. The van der Waals surface area contributed by atoms with Crippen molar-refractivity contribution in [3.05, 3.63) is 25.3 Å². The van der Waals surface area contributed by atoms with E-state index in [0.717, 1.165) is 0 Å². The first-order valence-electron chi connectivity index (χ1n) is 3.43. The third-order valence-electron chi connectivity index (χ3n) is 1.47. The Labute approximate surface area is 69.3 Å². The van der Waals surface area contributed by atoms with E-state index in [0.29, 0.717) is 6.42 Å². The molecule has 0 fully saturated rings. The molecule has 0 saturated carbocycles. The van der Waals surface area contributed by atoms with E-state index in [1.54, 1.807) is 6.08 Å². The van der Waals surface area contributed by atoms with E-state index in [-0.39, 0.29) is 0 Å². The van der Waals surface area contributed by atoms with Gasteiger partial charge in [-0.3, -0.25) is 0 Å². The van der Waals surface area contributed by atoms with Crippen LogP contribution in [-0.2, 0) is 4.79 Å². The Balaban J connectivity index is 2.80. The van der Waals surface area contributed by atoms with Gasteiger partial charge in [0.05, 0.1) is 0 Å². The van der Waals surface area contributed by atoms with Crippen molar-refractivity contribution in [1.29, 1.82) is 0 Å². The third kappa shape index (κ3) is 1.69. The lowest BCUT2D eigenvalue weighted by Crippen LogP contribution is -2.16. The average Bonchev–Trinajstić information content (AvgIpc) is 2.51. The zero-order chi connectivity index (χ0) is 8.97. The second-order valence-electron chi connectivity index (χ2n) is 2.29. The average molecular weight is 167 g/mol. The van der Waals surface area contributed by atoms with Gasteiger partial charge in [-0.05, 0) is 6.42 Å². The summed E-state index contributed by atoms with van der Waals surface area (Å²) in [5, 5.41) is 15.8. The number of hydrogen-bond donors (Lipinski definition) is 1. The fourth-order valence-corrected chi connectivity index (χ4v) is 0.878. The van der Waals surface area contributed by atoms with Gasteiger partial charge >= 0.3 is 5.97 Å². The Bertz CT molecular complexity index is 268. The minimum absolute atomic E-state index is 0.368. The zero-order valence-corrected chi connectivity index (χ0v) is 6.42. The van der Waals surface area contributed by atoms with Crippen molar-refractivity contribution in [1.82, 2.24) is 14.8 Å². The summed E-state index contributed by atoms with van der Waals surface area (Å²) in [4.78, 5) is 10.7. The van der Waals surface area contributed by atoms with Crippen LogP contribution in [0.25, 0.3) is 0 Å². The molecule has 1 atom stereocenters. The molecule has 1 unspecified atom stereocenters. The summed E-state index contributed by atoms with van der Waals surface area (Å²) in [6.45, 7) is 3.48. The van der Waals surface area contributed by atoms with Gasteiger partial charge in [-0.2, -0.15) is 0 Å². The van der Waals surface area contributed by atoms with E-state index < -0.39 is 12.0 Å². The van der Waals surface area contributed by atoms with Gasteiger partial charge in [0, 0.05) is 0 Å². The molecule has 0 aliphatic rings. The Morgan fingerprint density at radius 1 is 1.67 bits per heavy atom. The summed E-state index contributed by atoms with van der Waals surface area (Å²) in [5.41, 5.74) is 0. The van der Waals surface area contributed by atoms with Crippen LogP contribution in [0.3, 0.4) is 0 Å². The van der Waals surface area contributed by atoms with Crippen LogP contribution in [0.4, 0.5) is 0 Å². The van der Waals surface area contributed by atoms with E-state index in [2.05, 4.69) is 16.8 Å². The number of aliphatic carboxylic acids is 1. The Morgan fingerprint density at radius 2 is 2.25 bits per heavy atom. The maximum Gasteiger partial charge on any atom is 0.327 e. The normalized spacial score (nSPS) is 12.3. The number of carboxylic acid groups (broad SMARTS) is 1. The lowest BCUT2D eigenvalue weighted by atomic mass is 10.2. The Hall–Kier alpha value is -1.65. The summed E-state index contributed by atoms with van der Waals surface area (Å²) in [6, 6.07) is -0.641. The highest BCUT2D eigenvalue weighted by Crippen LogP contribution is 2.10. The molecule has 1 N–H and O–H groups in total. The predicted molar refractivity (Wildman–Crippen MR) is 41.5 cm³/mol. The molecule has 64 valence electrons. The zero-order valence-electron chi connectivity index (χ0n) is 6.42. The summed E-state index contributed by atoms with van der Waals surface area (Å²) in [6.07, 6.45) is 4.68. The van der Waals surface area contributed by atoms with Crippen LogP contribution in [0, 0.1) is 0 Å². The minimum atomic E-state index is -0.908. The van der Waals surface area contributed by atoms with Gasteiger partial charge in [0.15, 0.2) is 0 Å². The Kier molecular flexibility index (Phi) is 2.57. The predicted octanol–water partition coefficient (Wildman–Crippen LogP) is 0.480. The van der Waals surface area contributed by atoms with Crippen molar-refractivity contribution in [3.63, 3.8) is 0 Å². The molecule has 0 bridgehead atoms. The van der Waals surface area contributed by atoms with Crippen LogP contribution in [0.2, 0.25) is 0 Å². The molecule has 1 heterocycles. The largest absolute Gasteiger partial charge is 0.480 e. The molecule has 0 saturated heterocycles. The van der Waals surface area contributed by atoms with E-state index in [4.69, 9.17) is 5.11 Å². The molecule has 0 aromatic carbocycles. The third-order valence-corrected chi connectivity index (χ3v) is 1.47. The lowest BCUT2D eigenvalue weighted by Gasteiger charge is -2.09. The van der Waals surface area contributed by atoms with Crippen molar-refractivity contribution in [2.24, 2.45) is 0 Å². The monoisotopic (exact) mass is 167 g/mol. The van der Waals surface area contributed by atoms with Crippen molar-refractivity contribution in [2.75, 3.05) is 0 Å². The molecule has 12 heavy (non-hydrogen) atoms. The SMILES string of the molecule is C=CCC(C(=O)O)n1cnnc1. The highest BCUT2D eigenvalue weighted by molar-refractivity contribution is 5.71. The number of hydrogen-bond acceptors (Lipinski definition) is 3. The van der Waals surface area contributed by atoms with E-state index in [1.807, 2.05) is 0 Å². The second-order valence-corrected chi connectivity index (χ2v) is 2.29. The topological polar surface area (TPSA) is 68.0 Å². The molecule has 5 nitrogen and oxygen atoms in total. The van der Waals surface area contributed by atoms with Gasteiger partial charge in [-0.1, -0.05) is 6.08 Å². The van der Waals surface area contributed by atoms with E-state index >= 15 is 0 Å². The van der Waals surface area contributed by atoms with Gasteiger partial charge in [0.25, 0.3) is 0 Å². The first kappa shape index (κ1) is 8.45. The maximum absolute atomic E-state index is 10.7. The molecule has 5 heteroatoms. The molecule has 1 rings (SSSR count). The molecular weight excluding hydrogens is 158 g/mol. The van der Waals surface area contributed by atoms with E-state index in [1.165, 1.54) is 17.2 Å². The molecule has 0 amide bonds. The van der Waals surface area contributed by atoms with Gasteiger partial charge in [-0.15, -0.1) is 16.8 Å². The highest BCUT2D eigenvalue weighted by atomic mass is 16.4. The number of carboxylic acids is 1. The Morgan fingerprint density at radius 3 is 2.67 bits per heavy atom. The van der Waals surface area contributed by atoms with Gasteiger partial charge < -0.3 is 9.67 Å². The van der Waals surface area contributed by atoms with Crippen LogP contribution in [0.15, 0.2) is 25.3 Å². The lowest BCUT2D eigenvalue weighted by molar-refractivity contribution is -0.140. The summed E-state index contributed by atoms with van der Waals surface area (Å²) >= 11 is 0. The summed E-state index contributed by atoms with van der Waals surface area (Å²) in [7, 11) is 0. The number of carbonyl (C=O) groups is 1. The molecule has 1 aromatic rings. The van der Waals surface area contributed by atoms with Crippen LogP contribution in [0.1, 0.15) is 12.5 Å². The fraction of sp³-hybridized carbons (Fsp3) is 0.286. The van der Waals surface area contributed by atoms with Crippen molar-refractivity contribution in [3.8, 4) is 0 Å². The van der Waals surface area contributed by atoms with Crippen molar-refractivity contribution < 1.29 is 9.90 Å². The van der Waals surface area contributed by atoms with Crippen LogP contribution in [-0.4, -0.2) is 25.8 Å². The summed E-state index contributed by atoms with van der Waals surface area (Å²) in [5.74, 6) is -0.908. The molecule has 1 aromatic heterocycles. The van der Waals surface area contributed by atoms with Crippen LogP contribution >= 0.6 is 0 Å². The number of aromatic nitrogens is 3. The summed E-state index contributed by atoms with van der Waals surface area (Å²) < 4.78 is 1.43. The van der Waals surface area contributed by atoms with Gasteiger partial charge in [-0.25, -0.2) is 4.79 Å². The van der Waals surface area contributed by atoms with Crippen molar-refractivity contribution >= 4 is 5.97 Å². The van der Waals surface area contributed by atoms with Gasteiger partial charge in [0.2, 0.25) is 0 Å². The smallest absolute Gasteiger partial charge is 0.327 e. The van der Waals surface area contributed by atoms with Crippen molar-refractivity contribution in [2.45, 2.75) is 12.5 Å². The van der Waals surface area contributed by atoms with Crippen LogP contribution < -0.4 is 0 Å². The number of nitrogens with zero attached hydrogens (tertiary/aromatic N) is 3. The fourth-order valence-electron chi connectivity index (χ4n) is 0.878. The van der Waals surface area contributed by atoms with Gasteiger partial charge in [0.1, 0.15) is 18.7 Å². The first-order chi connectivity index (χ1) is 5.75. The maximum atomic E-state index is 10.7. The van der Waals surface area contributed by atoms with Crippen LogP contribution in [0.5, 0.6) is 0 Å². The standard InChI is InChI=1S/C7H9N3O2/c1-2-3-6(7(11)12)10-4-8-9-5-10/h2,4-6H,1,3H2,(H,11,12).